The van der Waals surface area contributed by atoms with Crippen LogP contribution >= 0.6 is 0 Å². The molecule has 1 atom stereocenters. The summed E-state index contributed by atoms with van der Waals surface area (Å²) in [4.78, 5) is 0. The quantitative estimate of drug-likeness (QED) is 0.848. The summed E-state index contributed by atoms with van der Waals surface area (Å²) in [7, 11) is 0. The Balaban J connectivity index is 2.17. The molecular weight excluding hydrogens is 206 g/mol. The topological polar surface area (TPSA) is 26.0 Å². The monoisotopic (exact) mass is 225 g/mol. The first-order chi connectivity index (χ1) is 8.16. The minimum atomic E-state index is 0.113. The summed E-state index contributed by atoms with van der Waals surface area (Å²) in [6.07, 6.45) is 0.992. The van der Waals surface area contributed by atoms with Gasteiger partial charge in [-0.1, -0.05) is 48.5 Å². The van der Waals surface area contributed by atoms with Crippen LogP contribution < -0.4 is 5.73 Å². The maximum absolute atomic E-state index is 5.84. The van der Waals surface area contributed by atoms with Crippen LogP contribution in [0.1, 0.15) is 35.2 Å². The Morgan fingerprint density at radius 2 is 1.65 bits per heavy atom. The van der Waals surface area contributed by atoms with Crippen molar-refractivity contribution in [2.75, 3.05) is 0 Å². The van der Waals surface area contributed by atoms with Crippen molar-refractivity contribution in [2.24, 2.45) is 5.73 Å². The van der Waals surface area contributed by atoms with Crippen molar-refractivity contribution in [1.82, 2.24) is 0 Å². The highest BCUT2D eigenvalue weighted by Crippen LogP contribution is 2.16. The molecule has 0 aliphatic heterocycles. The van der Waals surface area contributed by atoms with E-state index in [4.69, 9.17) is 5.73 Å². The summed E-state index contributed by atoms with van der Waals surface area (Å²) in [5.74, 6) is 0. The SMILES string of the molecule is Cc1ccccc1Cc1ccc(C(C)N)cc1. The van der Waals surface area contributed by atoms with Gasteiger partial charge in [0, 0.05) is 6.04 Å². The molecule has 2 aromatic carbocycles. The molecule has 1 unspecified atom stereocenters. The first-order valence-corrected chi connectivity index (χ1v) is 6.06. The lowest BCUT2D eigenvalue weighted by molar-refractivity contribution is 0.817. The average molecular weight is 225 g/mol. The van der Waals surface area contributed by atoms with Crippen LogP contribution in [-0.4, -0.2) is 0 Å². The number of nitrogens with two attached hydrogens (primary N) is 1. The summed E-state index contributed by atoms with van der Waals surface area (Å²) in [6, 6.07) is 17.2. The molecule has 88 valence electrons. The molecule has 0 saturated carbocycles. The van der Waals surface area contributed by atoms with E-state index >= 15 is 0 Å². The molecule has 0 amide bonds. The number of benzene rings is 2. The van der Waals surface area contributed by atoms with Crippen molar-refractivity contribution < 1.29 is 0 Å². The van der Waals surface area contributed by atoms with Gasteiger partial charge in [0.05, 0.1) is 0 Å². The molecule has 1 heteroatoms. The van der Waals surface area contributed by atoms with Gasteiger partial charge < -0.3 is 5.73 Å². The molecule has 0 saturated heterocycles. The number of aryl methyl sites for hydroxylation is 1. The highest BCUT2D eigenvalue weighted by atomic mass is 14.6. The highest BCUT2D eigenvalue weighted by Gasteiger charge is 2.01. The average Bonchev–Trinajstić information content (AvgIpc) is 2.33. The highest BCUT2D eigenvalue weighted by molar-refractivity contribution is 5.33. The molecule has 2 N–H and O–H groups in total. The van der Waals surface area contributed by atoms with Crippen molar-refractivity contribution in [2.45, 2.75) is 26.3 Å². The zero-order chi connectivity index (χ0) is 12.3. The second-order valence-electron chi connectivity index (χ2n) is 4.63. The lowest BCUT2D eigenvalue weighted by Crippen LogP contribution is -2.04. The molecular formula is C16H19N. The fourth-order valence-corrected chi connectivity index (χ4v) is 1.97. The first kappa shape index (κ1) is 11.9. The van der Waals surface area contributed by atoms with Gasteiger partial charge in [-0.05, 0) is 42.5 Å². The van der Waals surface area contributed by atoms with E-state index in [0.717, 1.165) is 6.42 Å². The molecule has 0 radical (unpaired) electrons. The van der Waals surface area contributed by atoms with Crippen LogP contribution in [0.4, 0.5) is 0 Å². The fourth-order valence-electron chi connectivity index (χ4n) is 1.97. The third-order valence-electron chi connectivity index (χ3n) is 3.16. The molecule has 1 nitrogen and oxygen atoms in total. The van der Waals surface area contributed by atoms with Crippen LogP contribution in [-0.2, 0) is 6.42 Å². The molecule has 0 bridgehead atoms. The van der Waals surface area contributed by atoms with Gasteiger partial charge in [-0.15, -0.1) is 0 Å². The molecule has 2 rings (SSSR count). The molecule has 2 aromatic rings. The number of rotatable bonds is 3. The van der Waals surface area contributed by atoms with Crippen molar-refractivity contribution >= 4 is 0 Å². The minimum absolute atomic E-state index is 0.113. The molecule has 0 aliphatic carbocycles. The molecule has 0 aliphatic rings. The minimum Gasteiger partial charge on any atom is -0.324 e. The van der Waals surface area contributed by atoms with E-state index in [1.807, 2.05) is 6.92 Å². The first-order valence-electron chi connectivity index (χ1n) is 6.06. The van der Waals surface area contributed by atoms with Crippen LogP contribution in [0.25, 0.3) is 0 Å². The van der Waals surface area contributed by atoms with Crippen molar-refractivity contribution in [3.8, 4) is 0 Å². The normalized spacial score (nSPS) is 12.4. The van der Waals surface area contributed by atoms with Crippen LogP contribution in [0.15, 0.2) is 48.5 Å². The van der Waals surface area contributed by atoms with Crippen LogP contribution in [0.2, 0.25) is 0 Å². The van der Waals surface area contributed by atoms with Gasteiger partial charge in [0.1, 0.15) is 0 Å². The van der Waals surface area contributed by atoms with Crippen molar-refractivity contribution in [1.29, 1.82) is 0 Å². The smallest absolute Gasteiger partial charge is 0.0266 e. The second-order valence-corrected chi connectivity index (χ2v) is 4.63. The lowest BCUT2D eigenvalue weighted by atomic mass is 9.99. The second kappa shape index (κ2) is 5.15. The van der Waals surface area contributed by atoms with Gasteiger partial charge in [0.2, 0.25) is 0 Å². The van der Waals surface area contributed by atoms with Gasteiger partial charge in [0.15, 0.2) is 0 Å². The van der Waals surface area contributed by atoms with E-state index < -0.39 is 0 Å². The Hall–Kier alpha value is -1.60. The fraction of sp³-hybridized carbons (Fsp3) is 0.250. The molecule has 17 heavy (non-hydrogen) atoms. The van der Waals surface area contributed by atoms with Crippen LogP contribution in [0, 0.1) is 6.92 Å². The lowest BCUT2D eigenvalue weighted by Gasteiger charge is -2.08. The molecule has 0 heterocycles. The van der Waals surface area contributed by atoms with E-state index in [-0.39, 0.29) is 6.04 Å². The summed E-state index contributed by atoms with van der Waals surface area (Å²) in [5.41, 5.74) is 11.1. The zero-order valence-electron chi connectivity index (χ0n) is 10.5. The third kappa shape index (κ3) is 2.95. The van der Waals surface area contributed by atoms with Gasteiger partial charge in [-0.25, -0.2) is 0 Å². The van der Waals surface area contributed by atoms with Crippen molar-refractivity contribution in [3.63, 3.8) is 0 Å². The largest absolute Gasteiger partial charge is 0.324 e. The standard InChI is InChI=1S/C16H19N/c1-12-5-3-4-6-16(12)11-14-7-9-15(10-8-14)13(2)17/h3-10,13H,11,17H2,1-2H3. The summed E-state index contributed by atoms with van der Waals surface area (Å²) in [5, 5.41) is 0. The van der Waals surface area contributed by atoms with Crippen molar-refractivity contribution in [3.05, 3.63) is 70.8 Å². The Morgan fingerprint density at radius 1 is 1.00 bits per heavy atom. The van der Waals surface area contributed by atoms with Gasteiger partial charge in [-0.2, -0.15) is 0 Å². The number of hydrogen-bond acceptors (Lipinski definition) is 1. The molecule has 0 spiro atoms. The van der Waals surface area contributed by atoms with Crippen LogP contribution in [0.5, 0.6) is 0 Å². The van der Waals surface area contributed by atoms with E-state index in [9.17, 15) is 0 Å². The zero-order valence-corrected chi connectivity index (χ0v) is 10.5. The van der Waals surface area contributed by atoms with E-state index in [2.05, 4.69) is 55.5 Å². The Bertz CT molecular complexity index is 483. The van der Waals surface area contributed by atoms with Gasteiger partial charge in [0.25, 0.3) is 0 Å². The summed E-state index contributed by atoms with van der Waals surface area (Å²) >= 11 is 0. The van der Waals surface area contributed by atoms with Gasteiger partial charge in [-0.3, -0.25) is 0 Å². The summed E-state index contributed by atoms with van der Waals surface area (Å²) in [6.45, 7) is 4.17. The Kier molecular flexibility index (Phi) is 3.60. The molecule has 0 aromatic heterocycles. The predicted octanol–water partition coefficient (Wildman–Crippen LogP) is 3.61. The number of hydrogen-bond donors (Lipinski definition) is 1. The molecule has 0 fully saturated rings. The van der Waals surface area contributed by atoms with E-state index in [0.29, 0.717) is 0 Å². The maximum Gasteiger partial charge on any atom is 0.0266 e. The Morgan fingerprint density at radius 3 is 2.24 bits per heavy atom. The van der Waals surface area contributed by atoms with Crippen LogP contribution in [0.3, 0.4) is 0 Å². The van der Waals surface area contributed by atoms with Gasteiger partial charge >= 0.3 is 0 Å². The third-order valence-corrected chi connectivity index (χ3v) is 3.16. The predicted molar refractivity (Wildman–Crippen MR) is 73.0 cm³/mol. The van der Waals surface area contributed by atoms with E-state index in [1.54, 1.807) is 0 Å². The summed E-state index contributed by atoms with van der Waals surface area (Å²) < 4.78 is 0. The van der Waals surface area contributed by atoms with E-state index in [1.165, 1.54) is 22.3 Å². The Labute approximate surface area is 103 Å². The maximum atomic E-state index is 5.84.